The summed E-state index contributed by atoms with van der Waals surface area (Å²) in [6.45, 7) is 0. The van der Waals surface area contributed by atoms with Gasteiger partial charge in [-0.15, -0.1) is 0 Å². The maximum Gasteiger partial charge on any atom is 0.433 e. The molecule has 0 spiro atoms. The van der Waals surface area contributed by atoms with Gasteiger partial charge in [0.1, 0.15) is 5.69 Å². The van der Waals surface area contributed by atoms with E-state index in [1.807, 2.05) is 0 Å². The molecule has 1 heterocycles. The van der Waals surface area contributed by atoms with Crippen LogP contribution in [-0.4, -0.2) is 10.1 Å². The fourth-order valence-electron chi connectivity index (χ4n) is 0.837. The van der Waals surface area contributed by atoms with Crippen LogP contribution in [0.25, 0.3) is 0 Å². The molecule has 0 amide bonds. The van der Waals surface area contributed by atoms with Gasteiger partial charge >= 0.3 is 6.18 Å². The molecule has 84 valence electrons. The number of rotatable bonds is 1. The van der Waals surface area contributed by atoms with E-state index in [1.165, 1.54) is 0 Å². The summed E-state index contributed by atoms with van der Waals surface area (Å²) in [7, 11) is 0. The summed E-state index contributed by atoms with van der Waals surface area (Å²) < 4.78 is 72.6. The van der Waals surface area contributed by atoms with Crippen molar-refractivity contribution in [3.63, 3.8) is 0 Å². The summed E-state index contributed by atoms with van der Waals surface area (Å²) in [6.07, 6.45) is -8.46. The fourth-order valence-corrected chi connectivity index (χ4v) is 0.837. The highest BCUT2D eigenvalue weighted by atomic mass is 19.4. The molecule has 0 radical (unpaired) electrons. The lowest BCUT2D eigenvalue weighted by Gasteiger charge is -2.09. The van der Waals surface area contributed by atoms with Crippen molar-refractivity contribution < 1.29 is 31.4 Å². The van der Waals surface area contributed by atoms with Crippen LogP contribution in [0.2, 0.25) is 0 Å². The second kappa shape index (κ2) is 3.59. The Labute approximate surface area is 79.2 Å². The minimum absolute atomic E-state index is 0.0942. The van der Waals surface area contributed by atoms with Gasteiger partial charge in [-0.05, 0) is 6.07 Å². The first kappa shape index (κ1) is 11.6. The summed E-state index contributed by atoms with van der Waals surface area (Å²) in [5.74, 6) is -3.54. The van der Waals surface area contributed by atoms with Crippen molar-refractivity contribution in [1.29, 1.82) is 0 Å². The van der Waals surface area contributed by atoms with Crippen molar-refractivity contribution in [2.75, 3.05) is 0 Å². The minimum Gasteiger partial charge on any atom is -0.503 e. The quantitative estimate of drug-likeness (QED) is 0.595. The van der Waals surface area contributed by atoms with Crippen molar-refractivity contribution in [1.82, 2.24) is 4.98 Å². The third-order valence-corrected chi connectivity index (χ3v) is 1.51. The van der Waals surface area contributed by atoms with E-state index in [2.05, 4.69) is 4.98 Å². The van der Waals surface area contributed by atoms with Crippen molar-refractivity contribution in [3.8, 4) is 5.75 Å². The second-order valence-corrected chi connectivity index (χ2v) is 2.53. The highest BCUT2D eigenvalue weighted by Gasteiger charge is 2.35. The Bertz CT molecular complexity index is 374. The second-order valence-electron chi connectivity index (χ2n) is 2.53. The van der Waals surface area contributed by atoms with Crippen LogP contribution in [0.15, 0.2) is 6.07 Å². The Hall–Kier alpha value is -1.47. The Morgan fingerprint density at radius 2 is 1.80 bits per heavy atom. The average Bonchev–Trinajstić information content (AvgIpc) is 2.06. The van der Waals surface area contributed by atoms with Crippen LogP contribution in [0.4, 0.5) is 26.3 Å². The monoisotopic (exact) mass is 231 g/mol. The van der Waals surface area contributed by atoms with Gasteiger partial charge in [-0.2, -0.15) is 17.6 Å². The van der Waals surface area contributed by atoms with E-state index >= 15 is 0 Å². The predicted octanol–water partition coefficient (Wildman–Crippen LogP) is 2.88. The van der Waals surface area contributed by atoms with E-state index in [4.69, 9.17) is 5.11 Å². The van der Waals surface area contributed by atoms with Crippen LogP contribution < -0.4 is 0 Å². The van der Waals surface area contributed by atoms with Crippen LogP contribution in [-0.2, 0) is 6.18 Å². The number of hydrogen-bond donors (Lipinski definition) is 1. The smallest absolute Gasteiger partial charge is 0.433 e. The lowest BCUT2D eigenvalue weighted by molar-refractivity contribution is -0.141. The van der Waals surface area contributed by atoms with E-state index in [-0.39, 0.29) is 6.07 Å². The molecule has 0 saturated carbocycles. The summed E-state index contributed by atoms with van der Waals surface area (Å²) >= 11 is 0. The molecular formula is C7H3F6NO. The zero-order valence-corrected chi connectivity index (χ0v) is 6.82. The molecular weight excluding hydrogens is 228 g/mol. The number of alkyl halides is 5. The van der Waals surface area contributed by atoms with Crippen molar-refractivity contribution in [2.45, 2.75) is 12.6 Å². The summed E-state index contributed by atoms with van der Waals surface area (Å²) in [5, 5.41) is 8.67. The Kier molecular flexibility index (Phi) is 2.78. The molecule has 2 nitrogen and oxygen atoms in total. The number of nitrogens with zero attached hydrogens (tertiary/aromatic N) is 1. The molecule has 15 heavy (non-hydrogen) atoms. The highest BCUT2D eigenvalue weighted by Crippen LogP contribution is 2.35. The standard InChI is InChI=1S/C7H3F6NO/c8-5(9)2-1-3(7(11,12)13)14-6(10)4(2)15/h1,5,15H. The normalized spacial score (nSPS) is 12.2. The molecule has 1 rings (SSSR count). The summed E-state index contributed by atoms with van der Waals surface area (Å²) in [4.78, 5) is 2.31. The minimum atomic E-state index is -5.04. The van der Waals surface area contributed by atoms with Crippen molar-refractivity contribution in [2.24, 2.45) is 0 Å². The summed E-state index contributed by atoms with van der Waals surface area (Å²) in [5.41, 5.74) is -3.25. The van der Waals surface area contributed by atoms with Gasteiger partial charge in [0.15, 0.2) is 5.75 Å². The van der Waals surface area contributed by atoms with E-state index in [0.29, 0.717) is 0 Å². The summed E-state index contributed by atoms with van der Waals surface area (Å²) in [6, 6.07) is -0.0942. The van der Waals surface area contributed by atoms with Crippen LogP contribution in [0.3, 0.4) is 0 Å². The molecule has 1 aromatic heterocycles. The molecule has 0 aliphatic heterocycles. The van der Waals surface area contributed by atoms with Gasteiger partial charge < -0.3 is 5.11 Å². The largest absolute Gasteiger partial charge is 0.503 e. The third-order valence-electron chi connectivity index (χ3n) is 1.51. The van der Waals surface area contributed by atoms with E-state index in [0.717, 1.165) is 0 Å². The topological polar surface area (TPSA) is 33.1 Å². The number of pyridine rings is 1. The molecule has 1 N–H and O–H groups in total. The zero-order chi connectivity index (χ0) is 11.8. The highest BCUT2D eigenvalue weighted by molar-refractivity contribution is 5.34. The van der Waals surface area contributed by atoms with Crippen molar-refractivity contribution in [3.05, 3.63) is 23.3 Å². The first-order valence-corrected chi connectivity index (χ1v) is 3.48. The van der Waals surface area contributed by atoms with Gasteiger partial charge in [0.25, 0.3) is 12.4 Å². The molecule has 8 heteroatoms. The predicted molar refractivity (Wildman–Crippen MR) is 35.8 cm³/mol. The van der Waals surface area contributed by atoms with E-state index in [1.54, 1.807) is 0 Å². The third kappa shape index (κ3) is 2.31. The van der Waals surface area contributed by atoms with Crippen LogP contribution >= 0.6 is 0 Å². The SMILES string of the molecule is Oc1c(C(F)F)cc(C(F)(F)F)nc1F. The van der Waals surface area contributed by atoms with Crippen LogP contribution in [0.5, 0.6) is 5.75 Å². The maximum absolute atomic E-state index is 12.5. The van der Waals surface area contributed by atoms with Crippen molar-refractivity contribution >= 4 is 0 Å². The average molecular weight is 231 g/mol. The fraction of sp³-hybridized carbons (Fsp3) is 0.286. The zero-order valence-electron chi connectivity index (χ0n) is 6.82. The van der Waals surface area contributed by atoms with E-state index < -0.39 is 35.6 Å². The van der Waals surface area contributed by atoms with Gasteiger partial charge in [0.2, 0.25) is 0 Å². The lowest BCUT2D eigenvalue weighted by Crippen LogP contribution is -2.10. The molecule has 0 aliphatic carbocycles. The lowest BCUT2D eigenvalue weighted by atomic mass is 10.2. The first-order valence-electron chi connectivity index (χ1n) is 3.48. The molecule has 0 bridgehead atoms. The molecule has 0 aromatic carbocycles. The molecule has 0 aliphatic rings. The number of aromatic nitrogens is 1. The number of aromatic hydroxyl groups is 1. The Balaban J connectivity index is 3.36. The Morgan fingerprint density at radius 1 is 1.27 bits per heavy atom. The van der Waals surface area contributed by atoms with Crippen LogP contribution in [0.1, 0.15) is 17.7 Å². The van der Waals surface area contributed by atoms with E-state index in [9.17, 15) is 26.3 Å². The maximum atomic E-state index is 12.5. The van der Waals surface area contributed by atoms with Gasteiger partial charge in [-0.1, -0.05) is 0 Å². The van der Waals surface area contributed by atoms with Gasteiger partial charge in [-0.3, -0.25) is 0 Å². The number of hydrogen-bond acceptors (Lipinski definition) is 2. The molecule has 0 fully saturated rings. The molecule has 1 aromatic rings. The first-order chi connectivity index (χ1) is 6.73. The van der Waals surface area contributed by atoms with Gasteiger partial charge in [-0.25, -0.2) is 13.8 Å². The van der Waals surface area contributed by atoms with Gasteiger partial charge in [0, 0.05) is 0 Å². The number of halogens is 6. The molecule has 0 atom stereocenters. The Morgan fingerprint density at radius 3 is 2.20 bits per heavy atom. The van der Waals surface area contributed by atoms with Crippen LogP contribution in [0, 0.1) is 5.95 Å². The molecule has 0 saturated heterocycles. The molecule has 0 unspecified atom stereocenters. The van der Waals surface area contributed by atoms with Gasteiger partial charge in [0.05, 0.1) is 5.56 Å².